The first-order valence-electron chi connectivity index (χ1n) is 5.29. The summed E-state index contributed by atoms with van der Waals surface area (Å²) in [6.45, 7) is 8.18. The molecule has 0 fully saturated rings. The third kappa shape index (κ3) is 3.23. The van der Waals surface area contributed by atoms with Crippen LogP contribution < -0.4 is 4.72 Å². The zero-order valence-corrected chi connectivity index (χ0v) is 11.3. The topological polar surface area (TPSA) is 46.2 Å². The van der Waals surface area contributed by atoms with Crippen LogP contribution in [0.2, 0.25) is 0 Å². The SMILES string of the molecule is Cc1cc(C(C)C)c(C)cc1NS(C)(=O)=O. The summed E-state index contributed by atoms with van der Waals surface area (Å²) in [4.78, 5) is 0. The lowest BCUT2D eigenvalue weighted by molar-refractivity contribution is 0.607. The Kier molecular flexibility index (Phi) is 3.63. The normalized spacial score (nSPS) is 11.9. The lowest BCUT2D eigenvalue weighted by Crippen LogP contribution is -2.11. The highest BCUT2D eigenvalue weighted by Crippen LogP contribution is 2.26. The van der Waals surface area contributed by atoms with Gasteiger partial charge in [-0.15, -0.1) is 0 Å². The van der Waals surface area contributed by atoms with E-state index in [1.807, 2.05) is 26.0 Å². The molecular weight excluding hydrogens is 222 g/mol. The molecule has 1 rings (SSSR count). The summed E-state index contributed by atoms with van der Waals surface area (Å²) in [6, 6.07) is 3.94. The first kappa shape index (κ1) is 13.0. The fourth-order valence-electron chi connectivity index (χ4n) is 1.77. The summed E-state index contributed by atoms with van der Waals surface area (Å²) < 4.78 is 24.9. The van der Waals surface area contributed by atoms with Crippen LogP contribution in [0, 0.1) is 13.8 Å². The molecule has 16 heavy (non-hydrogen) atoms. The largest absolute Gasteiger partial charge is 0.284 e. The van der Waals surface area contributed by atoms with Crippen LogP contribution in [0.3, 0.4) is 0 Å². The minimum absolute atomic E-state index is 0.450. The molecule has 0 atom stereocenters. The molecule has 1 aromatic rings. The Labute approximate surface area is 97.9 Å². The molecule has 0 aromatic heterocycles. The van der Waals surface area contributed by atoms with E-state index in [2.05, 4.69) is 18.6 Å². The lowest BCUT2D eigenvalue weighted by Gasteiger charge is -2.15. The van der Waals surface area contributed by atoms with E-state index in [4.69, 9.17) is 0 Å². The molecule has 3 nitrogen and oxygen atoms in total. The number of hydrogen-bond acceptors (Lipinski definition) is 2. The predicted molar refractivity (Wildman–Crippen MR) is 68.5 cm³/mol. The molecule has 0 spiro atoms. The van der Waals surface area contributed by atoms with Crippen molar-refractivity contribution < 1.29 is 8.42 Å². The third-order valence-corrected chi connectivity index (χ3v) is 3.12. The van der Waals surface area contributed by atoms with Crippen molar-refractivity contribution in [3.8, 4) is 0 Å². The summed E-state index contributed by atoms with van der Waals surface area (Å²) in [7, 11) is -3.20. The molecule has 0 heterocycles. The van der Waals surface area contributed by atoms with Crippen molar-refractivity contribution in [2.45, 2.75) is 33.6 Å². The summed E-state index contributed by atoms with van der Waals surface area (Å²) in [5.41, 5.74) is 4.01. The second-order valence-electron chi connectivity index (χ2n) is 4.55. The van der Waals surface area contributed by atoms with E-state index in [1.165, 1.54) is 5.56 Å². The maximum Gasteiger partial charge on any atom is 0.229 e. The smallest absolute Gasteiger partial charge is 0.229 e. The van der Waals surface area contributed by atoms with Crippen LogP contribution in [0.4, 0.5) is 5.69 Å². The molecule has 4 heteroatoms. The number of sulfonamides is 1. The number of nitrogens with one attached hydrogen (secondary N) is 1. The Hall–Kier alpha value is -1.03. The maximum atomic E-state index is 11.2. The van der Waals surface area contributed by atoms with Crippen molar-refractivity contribution >= 4 is 15.7 Å². The van der Waals surface area contributed by atoms with E-state index in [9.17, 15) is 8.42 Å². The van der Waals surface area contributed by atoms with Crippen LogP contribution >= 0.6 is 0 Å². The van der Waals surface area contributed by atoms with Gasteiger partial charge in [0.25, 0.3) is 0 Å². The first-order valence-corrected chi connectivity index (χ1v) is 7.19. The fraction of sp³-hybridized carbons (Fsp3) is 0.500. The quantitative estimate of drug-likeness (QED) is 0.884. The highest BCUT2D eigenvalue weighted by Gasteiger charge is 2.10. The molecule has 0 bridgehead atoms. The summed E-state index contributed by atoms with van der Waals surface area (Å²) in [5, 5.41) is 0. The van der Waals surface area contributed by atoms with Gasteiger partial charge in [-0.1, -0.05) is 19.9 Å². The molecule has 0 radical (unpaired) electrons. The van der Waals surface area contributed by atoms with E-state index < -0.39 is 10.0 Å². The van der Waals surface area contributed by atoms with Crippen molar-refractivity contribution in [3.63, 3.8) is 0 Å². The number of hydrogen-bond donors (Lipinski definition) is 1. The average Bonchev–Trinajstić information content (AvgIpc) is 2.07. The highest BCUT2D eigenvalue weighted by atomic mass is 32.2. The van der Waals surface area contributed by atoms with Gasteiger partial charge in [0, 0.05) is 0 Å². The van der Waals surface area contributed by atoms with Crippen LogP contribution in [0.1, 0.15) is 36.5 Å². The van der Waals surface area contributed by atoms with Crippen molar-refractivity contribution in [1.82, 2.24) is 0 Å². The number of rotatable bonds is 3. The maximum absolute atomic E-state index is 11.2. The van der Waals surface area contributed by atoms with Gasteiger partial charge in [-0.05, 0) is 42.5 Å². The van der Waals surface area contributed by atoms with Crippen molar-refractivity contribution in [2.75, 3.05) is 11.0 Å². The van der Waals surface area contributed by atoms with Crippen LogP contribution in [-0.2, 0) is 10.0 Å². The zero-order chi connectivity index (χ0) is 12.5. The van der Waals surface area contributed by atoms with Gasteiger partial charge in [-0.3, -0.25) is 4.72 Å². The van der Waals surface area contributed by atoms with Gasteiger partial charge in [0.15, 0.2) is 0 Å². The van der Waals surface area contributed by atoms with E-state index in [-0.39, 0.29) is 0 Å². The molecule has 0 saturated heterocycles. The number of anilines is 1. The van der Waals surface area contributed by atoms with Gasteiger partial charge in [-0.2, -0.15) is 0 Å². The van der Waals surface area contributed by atoms with E-state index in [0.29, 0.717) is 11.6 Å². The van der Waals surface area contributed by atoms with Gasteiger partial charge < -0.3 is 0 Å². The Bertz CT molecular complexity index is 490. The second-order valence-corrected chi connectivity index (χ2v) is 6.30. The Morgan fingerprint density at radius 1 is 1.12 bits per heavy atom. The molecule has 0 saturated carbocycles. The molecule has 90 valence electrons. The third-order valence-electron chi connectivity index (χ3n) is 2.53. The summed E-state index contributed by atoms with van der Waals surface area (Å²) in [5.74, 6) is 0.450. The average molecular weight is 241 g/mol. The Balaban J connectivity index is 3.21. The van der Waals surface area contributed by atoms with Gasteiger partial charge in [0.1, 0.15) is 0 Å². The summed E-state index contributed by atoms with van der Waals surface area (Å²) in [6.07, 6.45) is 1.16. The minimum Gasteiger partial charge on any atom is -0.284 e. The van der Waals surface area contributed by atoms with E-state index in [1.54, 1.807) is 0 Å². The van der Waals surface area contributed by atoms with Crippen LogP contribution in [-0.4, -0.2) is 14.7 Å². The molecule has 0 aliphatic heterocycles. The highest BCUT2D eigenvalue weighted by molar-refractivity contribution is 7.92. The van der Waals surface area contributed by atoms with Crippen molar-refractivity contribution in [2.24, 2.45) is 0 Å². The van der Waals surface area contributed by atoms with Crippen molar-refractivity contribution in [1.29, 1.82) is 0 Å². The molecule has 0 aliphatic rings. The van der Waals surface area contributed by atoms with E-state index in [0.717, 1.165) is 17.4 Å². The van der Waals surface area contributed by atoms with Gasteiger partial charge in [0.05, 0.1) is 11.9 Å². The zero-order valence-electron chi connectivity index (χ0n) is 10.5. The second kappa shape index (κ2) is 4.45. The molecule has 0 aliphatic carbocycles. The molecule has 0 unspecified atom stereocenters. The first-order chi connectivity index (χ1) is 7.20. The van der Waals surface area contributed by atoms with Crippen LogP contribution in [0.5, 0.6) is 0 Å². The fourth-order valence-corrected chi connectivity index (χ4v) is 2.39. The molecule has 0 amide bonds. The standard InChI is InChI=1S/C12H19NO2S/c1-8(2)11-6-10(4)12(7-9(11)3)13-16(5,14)15/h6-8,13H,1-5H3. The molecule has 1 aromatic carbocycles. The number of benzene rings is 1. The van der Waals surface area contributed by atoms with Crippen LogP contribution in [0.25, 0.3) is 0 Å². The van der Waals surface area contributed by atoms with Gasteiger partial charge in [-0.25, -0.2) is 8.42 Å². The lowest BCUT2D eigenvalue weighted by atomic mass is 9.95. The van der Waals surface area contributed by atoms with E-state index >= 15 is 0 Å². The molecule has 1 N–H and O–H groups in total. The van der Waals surface area contributed by atoms with Crippen molar-refractivity contribution in [3.05, 3.63) is 28.8 Å². The number of aryl methyl sites for hydroxylation is 2. The predicted octanol–water partition coefficient (Wildman–Crippen LogP) is 2.80. The monoisotopic (exact) mass is 241 g/mol. The van der Waals surface area contributed by atoms with Crippen LogP contribution in [0.15, 0.2) is 12.1 Å². The Morgan fingerprint density at radius 3 is 2.12 bits per heavy atom. The minimum atomic E-state index is -3.20. The summed E-state index contributed by atoms with van der Waals surface area (Å²) >= 11 is 0. The van der Waals surface area contributed by atoms with Gasteiger partial charge >= 0.3 is 0 Å². The van der Waals surface area contributed by atoms with Gasteiger partial charge in [0.2, 0.25) is 10.0 Å². The molecular formula is C12H19NO2S. The Morgan fingerprint density at radius 2 is 1.69 bits per heavy atom.